The van der Waals surface area contributed by atoms with Crippen LogP contribution in [0.2, 0.25) is 0 Å². The van der Waals surface area contributed by atoms with E-state index < -0.39 is 0 Å². The third kappa shape index (κ3) is 3.59. The predicted molar refractivity (Wildman–Crippen MR) is 65.0 cm³/mol. The van der Waals surface area contributed by atoms with E-state index in [4.69, 9.17) is 0 Å². The summed E-state index contributed by atoms with van der Waals surface area (Å²) in [5.41, 5.74) is 0. The van der Waals surface area contributed by atoms with Crippen molar-refractivity contribution in [3.8, 4) is 0 Å². The first-order chi connectivity index (χ1) is 7.15. The van der Waals surface area contributed by atoms with Gasteiger partial charge in [0.15, 0.2) is 0 Å². The van der Waals surface area contributed by atoms with Crippen LogP contribution in [-0.4, -0.2) is 18.2 Å². The van der Waals surface area contributed by atoms with Crippen LogP contribution in [-0.2, 0) is 4.79 Å². The molecule has 1 N–H and O–H groups in total. The summed E-state index contributed by atoms with van der Waals surface area (Å²) in [6.07, 6.45) is 0. The average Bonchev–Trinajstić information content (AvgIpc) is 2.28. The summed E-state index contributed by atoms with van der Waals surface area (Å²) in [7, 11) is 1.68. The Balaban J connectivity index is 2.56. The van der Waals surface area contributed by atoms with E-state index in [-0.39, 0.29) is 17.1 Å². The molecule has 0 saturated heterocycles. The number of amides is 1. The van der Waals surface area contributed by atoms with Crippen molar-refractivity contribution in [1.82, 2.24) is 5.32 Å². The van der Waals surface area contributed by atoms with Gasteiger partial charge in [-0.05, 0) is 12.1 Å². The minimum atomic E-state index is 0.0280. The van der Waals surface area contributed by atoms with Gasteiger partial charge in [0.05, 0.1) is 0 Å². The van der Waals surface area contributed by atoms with Gasteiger partial charge in [-0.2, -0.15) is 0 Å². The third-order valence-corrected chi connectivity index (χ3v) is 3.75. The van der Waals surface area contributed by atoms with Crippen molar-refractivity contribution in [3.63, 3.8) is 0 Å². The van der Waals surface area contributed by atoms with E-state index in [1.54, 1.807) is 18.8 Å². The Kier molecular flexibility index (Phi) is 4.69. The number of hydrogen-bond donors (Lipinski definition) is 1. The van der Waals surface area contributed by atoms with E-state index >= 15 is 0 Å². The Morgan fingerprint density at radius 1 is 1.27 bits per heavy atom. The molecule has 0 saturated carbocycles. The van der Waals surface area contributed by atoms with Gasteiger partial charge < -0.3 is 5.32 Å². The van der Waals surface area contributed by atoms with Crippen molar-refractivity contribution in [1.29, 1.82) is 0 Å². The van der Waals surface area contributed by atoms with E-state index in [2.05, 4.69) is 24.4 Å². The number of hydrogen-bond acceptors (Lipinski definition) is 2. The zero-order valence-electron chi connectivity index (χ0n) is 9.36. The molecular weight excluding hydrogens is 206 g/mol. The van der Waals surface area contributed by atoms with Crippen molar-refractivity contribution >= 4 is 17.7 Å². The third-order valence-electron chi connectivity index (χ3n) is 2.43. The molecule has 15 heavy (non-hydrogen) atoms. The van der Waals surface area contributed by atoms with E-state index in [9.17, 15) is 4.79 Å². The second kappa shape index (κ2) is 5.81. The Morgan fingerprint density at radius 3 is 2.40 bits per heavy atom. The molecule has 0 aliphatic heterocycles. The first kappa shape index (κ1) is 12.1. The van der Waals surface area contributed by atoms with Crippen LogP contribution in [0.3, 0.4) is 0 Å². The van der Waals surface area contributed by atoms with Crippen LogP contribution >= 0.6 is 11.8 Å². The van der Waals surface area contributed by atoms with Gasteiger partial charge in [0.2, 0.25) is 5.91 Å². The fourth-order valence-corrected chi connectivity index (χ4v) is 2.33. The van der Waals surface area contributed by atoms with Crippen molar-refractivity contribution in [3.05, 3.63) is 30.3 Å². The zero-order valence-corrected chi connectivity index (χ0v) is 10.2. The van der Waals surface area contributed by atoms with Gasteiger partial charge in [0.1, 0.15) is 0 Å². The van der Waals surface area contributed by atoms with Crippen molar-refractivity contribution in [2.45, 2.75) is 24.0 Å². The van der Waals surface area contributed by atoms with Crippen LogP contribution in [0.1, 0.15) is 13.8 Å². The standard InChI is InChI=1S/C12H17NOS/c1-9(12(14)13-3)10(2)15-11-7-5-4-6-8-11/h4-10H,1-3H3,(H,13,14). The lowest BCUT2D eigenvalue weighted by Crippen LogP contribution is -2.30. The minimum Gasteiger partial charge on any atom is -0.359 e. The molecule has 0 spiro atoms. The molecule has 0 heterocycles. The second-order valence-electron chi connectivity index (χ2n) is 3.54. The molecule has 0 radical (unpaired) electrons. The zero-order chi connectivity index (χ0) is 11.3. The van der Waals surface area contributed by atoms with Crippen molar-refractivity contribution < 1.29 is 4.79 Å². The van der Waals surface area contributed by atoms with Crippen molar-refractivity contribution in [2.75, 3.05) is 7.05 Å². The molecule has 0 bridgehead atoms. The predicted octanol–water partition coefficient (Wildman–Crippen LogP) is 2.55. The molecule has 0 aliphatic rings. The molecule has 1 aromatic carbocycles. The number of rotatable bonds is 4. The summed E-state index contributed by atoms with van der Waals surface area (Å²) in [6, 6.07) is 10.2. The molecule has 1 aromatic rings. The minimum absolute atomic E-state index is 0.0280. The van der Waals surface area contributed by atoms with Crippen LogP contribution in [0, 0.1) is 5.92 Å². The first-order valence-corrected chi connectivity index (χ1v) is 5.96. The first-order valence-electron chi connectivity index (χ1n) is 5.08. The van der Waals surface area contributed by atoms with E-state index in [0.29, 0.717) is 0 Å². The van der Waals surface area contributed by atoms with Crippen molar-refractivity contribution in [2.24, 2.45) is 5.92 Å². The van der Waals surface area contributed by atoms with E-state index in [1.807, 2.05) is 25.1 Å². The summed E-state index contributed by atoms with van der Waals surface area (Å²) in [5.74, 6) is 0.131. The molecule has 0 fully saturated rings. The Morgan fingerprint density at radius 2 is 1.87 bits per heavy atom. The maximum Gasteiger partial charge on any atom is 0.223 e. The highest BCUT2D eigenvalue weighted by atomic mass is 32.2. The molecule has 82 valence electrons. The van der Waals surface area contributed by atoms with Gasteiger partial charge in [-0.1, -0.05) is 32.0 Å². The number of nitrogens with one attached hydrogen (secondary N) is 1. The number of carbonyl (C=O) groups is 1. The van der Waals surface area contributed by atoms with Crippen LogP contribution in [0.5, 0.6) is 0 Å². The van der Waals surface area contributed by atoms with Gasteiger partial charge in [-0.15, -0.1) is 11.8 Å². The number of thioether (sulfide) groups is 1. The smallest absolute Gasteiger partial charge is 0.223 e. The molecule has 2 nitrogen and oxygen atoms in total. The number of benzene rings is 1. The molecular formula is C12H17NOS. The fraction of sp³-hybridized carbons (Fsp3) is 0.417. The molecule has 2 atom stereocenters. The van der Waals surface area contributed by atoms with Gasteiger partial charge in [0.25, 0.3) is 0 Å². The Labute approximate surface area is 95.5 Å². The lowest BCUT2D eigenvalue weighted by molar-refractivity contribution is -0.123. The maximum absolute atomic E-state index is 11.4. The SMILES string of the molecule is CNC(=O)C(C)C(C)Sc1ccccc1. The molecule has 1 amide bonds. The highest BCUT2D eigenvalue weighted by Gasteiger charge is 2.19. The molecule has 2 unspecified atom stereocenters. The summed E-state index contributed by atoms with van der Waals surface area (Å²) in [4.78, 5) is 12.6. The van der Waals surface area contributed by atoms with Gasteiger partial charge in [-0.25, -0.2) is 0 Å². The monoisotopic (exact) mass is 223 g/mol. The maximum atomic E-state index is 11.4. The topological polar surface area (TPSA) is 29.1 Å². The second-order valence-corrected chi connectivity index (χ2v) is 4.99. The lowest BCUT2D eigenvalue weighted by Gasteiger charge is -2.17. The normalized spacial score (nSPS) is 14.3. The highest BCUT2D eigenvalue weighted by Crippen LogP contribution is 2.27. The molecule has 1 rings (SSSR count). The quantitative estimate of drug-likeness (QED) is 0.795. The molecule has 3 heteroatoms. The summed E-state index contributed by atoms with van der Waals surface area (Å²) >= 11 is 1.73. The molecule has 0 aliphatic carbocycles. The lowest BCUT2D eigenvalue weighted by atomic mass is 10.1. The highest BCUT2D eigenvalue weighted by molar-refractivity contribution is 8.00. The van der Waals surface area contributed by atoms with Gasteiger partial charge in [-0.3, -0.25) is 4.79 Å². The number of carbonyl (C=O) groups excluding carboxylic acids is 1. The van der Waals surface area contributed by atoms with Gasteiger partial charge in [0, 0.05) is 23.1 Å². The summed E-state index contributed by atoms with van der Waals surface area (Å²) in [6.45, 7) is 4.04. The largest absolute Gasteiger partial charge is 0.359 e. The van der Waals surface area contributed by atoms with Crippen LogP contribution in [0.4, 0.5) is 0 Å². The van der Waals surface area contributed by atoms with Crippen LogP contribution in [0.15, 0.2) is 35.2 Å². The Hall–Kier alpha value is -0.960. The van der Waals surface area contributed by atoms with E-state index in [0.717, 1.165) is 0 Å². The van der Waals surface area contributed by atoms with Crippen LogP contribution < -0.4 is 5.32 Å². The van der Waals surface area contributed by atoms with E-state index in [1.165, 1.54) is 4.90 Å². The summed E-state index contributed by atoms with van der Waals surface area (Å²) in [5, 5.41) is 2.96. The summed E-state index contributed by atoms with van der Waals surface area (Å²) < 4.78 is 0. The molecule has 0 aromatic heterocycles. The Bertz CT molecular complexity index is 313. The fourth-order valence-electron chi connectivity index (χ4n) is 1.26. The van der Waals surface area contributed by atoms with Crippen LogP contribution in [0.25, 0.3) is 0 Å². The average molecular weight is 223 g/mol. The van der Waals surface area contributed by atoms with Gasteiger partial charge >= 0.3 is 0 Å².